The molecule has 0 spiro atoms. The maximum atomic E-state index is 12.5. The number of fused-ring (bicyclic) bond motifs is 1. The zero-order chi connectivity index (χ0) is 28.2. The summed E-state index contributed by atoms with van der Waals surface area (Å²) in [5.41, 5.74) is 1.89. The number of amides is 1. The minimum absolute atomic E-state index is 0.123. The Bertz CT molecular complexity index is 1460. The highest BCUT2D eigenvalue weighted by Gasteiger charge is 2.33. The number of rotatable bonds is 4. The Balaban J connectivity index is 0.000000247. The third-order valence-corrected chi connectivity index (χ3v) is 6.45. The number of carbonyl (C=O) groups is 1. The van der Waals surface area contributed by atoms with Gasteiger partial charge in [0.1, 0.15) is 17.4 Å². The topological polar surface area (TPSA) is 78.4 Å². The number of hydrogen-bond donors (Lipinski definition) is 2. The van der Waals surface area contributed by atoms with Crippen molar-refractivity contribution in [1.29, 1.82) is 0 Å². The molecule has 2 aliphatic rings. The third-order valence-electron chi connectivity index (χ3n) is 6.45. The van der Waals surface area contributed by atoms with E-state index in [1.807, 2.05) is 37.3 Å². The van der Waals surface area contributed by atoms with Gasteiger partial charge in [0.15, 0.2) is 5.82 Å². The molecular formula is C29H28F4N4O2. The van der Waals surface area contributed by atoms with Gasteiger partial charge in [0.2, 0.25) is 6.41 Å². The second-order valence-electron chi connectivity index (χ2n) is 9.44. The summed E-state index contributed by atoms with van der Waals surface area (Å²) in [7, 11) is 0. The largest absolute Gasteiger partial charge is 0.508 e. The molecule has 1 aromatic heterocycles. The number of allylic oxidation sites excluding steroid dienone is 5. The van der Waals surface area contributed by atoms with Crippen LogP contribution in [0.4, 0.5) is 23.4 Å². The molecule has 204 valence electrons. The van der Waals surface area contributed by atoms with E-state index in [0.717, 1.165) is 53.8 Å². The molecule has 1 fully saturated rings. The van der Waals surface area contributed by atoms with Crippen LogP contribution in [0.25, 0.3) is 16.5 Å². The molecule has 39 heavy (non-hydrogen) atoms. The Hall–Kier alpha value is -4.21. The van der Waals surface area contributed by atoms with Crippen molar-refractivity contribution in [1.82, 2.24) is 15.3 Å². The zero-order valence-electron chi connectivity index (χ0n) is 21.5. The number of aliphatic hydroxyl groups excluding tert-OH is 1. The maximum Gasteiger partial charge on any atom is 0.419 e. The van der Waals surface area contributed by atoms with Gasteiger partial charge in [-0.25, -0.2) is 14.4 Å². The third kappa shape index (κ3) is 6.63. The van der Waals surface area contributed by atoms with Crippen molar-refractivity contribution in [2.24, 2.45) is 0 Å². The van der Waals surface area contributed by atoms with Gasteiger partial charge in [0.05, 0.1) is 11.1 Å². The Morgan fingerprint density at radius 1 is 1.08 bits per heavy atom. The molecule has 1 amide bonds. The van der Waals surface area contributed by atoms with Gasteiger partial charge in [0.25, 0.3) is 0 Å². The number of halogens is 4. The van der Waals surface area contributed by atoms with E-state index in [1.54, 1.807) is 6.08 Å². The molecule has 10 heteroatoms. The molecule has 1 atom stereocenters. The summed E-state index contributed by atoms with van der Waals surface area (Å²) in [6.45, 7) is 5.04. The Kier molecular flexibility index (Phi) is 8.32. The first-order valence-electron chi connectivity index (χ1n) is 12.4. The molecule has 5 rings (SSSR count). The molecule has 1 aliphatic carbocycles. The van der Waals surface area contributed by atoms with Gasteiger partial charge in [-0.2, -0.15) is 13.2 Å². The summed E-state index contributed by atoms with van der Waals surface area (Å²) in [6, 6.07) is 9.17. The highest BCUT2D eigenvalue weighted by molar-refractivity contribution is 5.91. The number of aliphatic hydroxyl groups is 1. The molecule has 0 unspecified atom stereocenters. The van der Waals surface area contributed by atoms with Gasteiger partial charge in [-0.3, -0.25) is 4.79 Å². The van der Waals surface area contributed by atoms with Crippen LogP contribution in [0.2, 0.25) is 0 Å². The molecule has 0 radical (unpaired) electrons. The summed E-state index contributed by atoms with van der Waals surface area (Å²) in [5.74, 6) is 0.360. The quantitative estimate of drug-likeness (QED) is 0.304. The number of aryl methyl sites for hydroxylation is 2. The molecule has 0 saturated carbocycles. The lowest BCUT2D eigenvalue weighted by molar-refractivity contribution is -0.140. The second kappa shape index (κ2) is 11.7. The van der Waals surface area contributed by atoms with Crippen molar-refractivity contribution in [3.8, 4) is 0 Å². The van der Waals surface area contributed by atoms with Gasteiger partial charge >= 0.3 is 6.18 Å². The summed E-state index contributed by atoms with van der Waals surface area (Å²) >= 11 is 0. The number of alkyl halides is 3. The van der Waals surface area contributed by atoms with Crippen molar-refractivity contribution in [2.75, 3.05) is 18.0 Å². The van der Waals surface area contributed by atoms with Gasteiger partial charge < -0.3 is 15.3 Å². The van der Waals surface area contributed by atoms with Crippen LogP contribution in [0, 0.1) is 19.7 Å². The van der Waals surface area contributed by atoms with E-state index in [2.05, 4.69) is 16.3 Å². The van der Waals surface area contributed by atoms with E-state index in [1.165, 1.54) is 13.0 Å². The molecule has 6 nitrogen and oxygen atoms in total. The van der Waals surface area contributed by atoms with Crippen molar-refractivity contribution >= 4 is 28.7 Å². The summed E-state index contributed by atoms with van der Waals surface area (Å²) < 4.78 is 48.5. The summed E-state index contributed by atoms with van der Waals surface area (Å²) in [5, 5.41) is 14.3. The predicted octanol–water partition coefficient (Wildman–Crippen LogP) is 6.20. The summed E-state index contributed by atoms with van der Waals surface area (Å²) in [6.07, 6.45) is 4.98. The van der Waals surface area contributed by atoms with E-state index in [9.17, 15) is 27.5 Å². The fourth-order valence-electron chi connectivity index (χ4n) is 4.46. The zero-order valence-corrected chi connectivity index (χ0v) is 21.5. The van der Waals surface area contributed by atoms with Crippen LogP contribution in [-0.4, -0.2) is 40.6 Å². The lowest BCUT2D eigenvalue weighted by Crippen LogP contribution is -2.31. The molecule has 2 heterocycles. The van der Waals surface area contributed by atoms with E-state index in [-0.39, 0.29) is 11.8 Å². The smallest absolute Gasteiger partial charge is 0.419 e. The number of nitrogens with one attached hydrogen (secondary N) is 1. The van der Waals surface area contributed by atoms with Gasteiger partial charge in [-0.1, -0.05) is 35.9 Å². The van der Waals surface area contributed by atoms with Crippen molar-refractivity contribution in [3.05, 3.63) is 94.8 Å². The number of nitrogens with zero attached hydrogens (tertiary/aromatic N) is 3. The first-order chi connectivity index (χ1) is 18.6. The molecule has 2 N–H and O–H groups in total. The van der Waals surface area contributed by atoms with E-state index >= 15 is 0 Å². The number of hydrogen-bond acceptors (Lipinski definition) is 5. The Morgan fingerprint density at radius 3 is 2.54 bits per heavy atom. The van der Waals surface area contributed by atoms with Gasteiger partial charge in [-0.05, 0) is 62.6 Å². The average molecular weight is 541 g/mol. The van der Waals surface area contributed by atoms with Gasteiger partial charge in [0, 0.05) is 30.1 Å². The van der Waals surface area contributed by atoms with Crippen LogP contribution in [-0.2, 0) is 11.0 Å². The highest BCUT2D eigenvalue weighted by atomic mass is 19.4. The van der Waals surface area contributed by atoms with Crippen molar-refractivity contribution in [3.63, 3.8) is 0 Å². The first kappa shape index (κ1) is 27.8. The number of benzene rings is 2. The standard InChI is InChI=1S/C21H22N4O2.C8H6F4/c1-14-7-8-16-18(11-14)23-20(17-5-3-2-4-6-19(17)27)24-21(16)25-10-9-15(12-25)22-13-26;1-5-2-3-7(9)6(4-5)8(10,11)12/h2-4,6-8,11,13,15,27H,5,9-10,12H2,1H3,(H,22,26);2-4H,1H3/t15-;/m1./s1. The monoisotopic (exact) mass is 540 g/mol. The number of anilines is 1. The van der Waals surface area contributed by atoms with Crippen LogP contribution in [0.3, 0.4) is 0 Å². The van der Waals surface area contributed by atoms with Crippen molar-refractivity contribution in [2.45, 2.75) is 38.9 Å². The molecule has 1 aliphatic heterocycles. The lowest BCUT2D eigenvalue weighted by atomic mass is 10.1. The molecule has 2 aromatic carbocycles. The van der Waals surface area contributed by atoms with E-state index in [0.29, 0.717) is 29.9 Å². The minimum atomic E-state index is -4.60. The number of aromatic nitrogens is 2. The van der Waals surface area contributed by atoms with Crippen LogP contribution in [0.5, 0.6) is 0 Å². The fourth-order valence-corrected chi connectivity index (χ4v) is 4.46. The molecule has 1 saturated heterocycles. The number of carbonyl (C=O) groups excluding carboxylic acids is 1. The minimum Gasteiger partial charge on any atom is -0.508 e. The summed E-state index contributed by atoms with van der Waals surface area (Å²) in [4.78, 5) is 22.5. The van der Waals surface area contributed by atoms with Crippen LogP contribution >= 0.6 is 0 Å². The normalized spacial score (nSPS) is 17.2. The fraction of sp³-hybridized carbons (Fsp3) is 0.276. The molecule has 3 aromatic rings. The Labute approximate surface area is 223 Å². The van der Waals surface area contributed by atoms with Gasteiger partial charge in [-0.15, -0.1) is 0 Å². The molecular weight excluding hydrogens is 512 g/mol. The maximum absolute atomic E-state index is 12.5. The average Bonchev–Trinajstić information content (AvgIpc) is 3.24. The van der Waals surface area contributed by atoms with E-state index < -0.39 is 17.6 Å². The molecule has 0 bridgehead atoms. The highest BCUT2D eigenvalue weighted by Crippen LogP contribution is 2.32. The Morgan fingerprint density at radius 2 is 1.82 bits per heavy atom. The van der Waals surface area contributed by atoms with Crippen LogP contribution in [0.1, 0.15) is 35.4 Å². The first-order valence-corrected chi connectivity index (χ1v) is 12.4. The van der Waals surface area contributed by atoms with Crippen LogP contribution < -0.4 is 10.2 Å². The van der Waals surface area contributed by atoms with Crippen LogP contribution in [0.15, 0.2) is 66.5 Å². The predicted molar refractivity (Wildman–Crippen MR) is 143 cm³/mol. The lowest BCUT2D eigenvalue weighted by Gasteiger charge is -2.21. The second-order valence-corrected chi connectivity index (χ2v) is 9.44. The van der Waals surface area contributed by atoms with Crippen molar-refractivity contribution < 1.29 is 27.5 Å². The van der Waals surface area contributed by atoms with E-state index in [4.69, 9.17) is 9.97 Å². The SMILES string of the molecule is Cc1ccc(F)c(C(F)(F)F)c1.Cc1ccc2c(N3CC[C@@H](NC=O)C3)nc(C3=C(O)C=CC=CC3)nc2c1.